The molecule has 1 aliphatic heterocycles. The van der Waals surface area contributed by atoms with Crippen molar-refractivity contribution in [3.05, 3.63) is 54.4 Å². The molecule has 0 saturated carbocycles. The second-order valence-corrected chi connectivity index (χ2v) is 6.25. The molecule has 0 unspecified atom stereocenters. The average Bonchev–Trinajstić information content (AvgIpc) is 3.27. The lowest BCUT2D eigenvalue weighted by molar-refractivity contribution is -0.116. The molecular weight excluding hydrogens is 324 g/mol. The number of aromatic nitrogens is 3. The molecule has 120 valence electrons. The number of para-hydroxylation sites is 1. The Balaban J connectivity index is 1.41. The van der Waals surface area contributed by atoms with Gasteiger partial charge in [-0.15, -0.1) is 10.2 Å². The SMILES string of the molecule is O=C(CSc1nnc(-c2ccncc2)o1)N1CCc2ccccc21. The highest BCUT2D eigenvalue weighted by atomic mass is 32.2. The van der Waals surface area contributed by atoms with E-state index < -0.39 is 0 Å². The number of rotatable bonds is 4. The highest BCUT2D eigenvalue weighted by molar-refractivity contribution is 7.99. The second-order valence-electron chi connectivity index (χ2n) is 5.32. The first kappa shape index (κ1) is 14.9. The first-order chi connectivity index (χ1) is 11.8. The van der Waals surface area contributed by atoms with Crippen molar-refractivity contribution in [3.8, 4) is 11.5 Å². The number of amides is 1. The molecule has 7 heteroatoms. The Morgan fingerprint density at radius 1 is 1.17 bits per heavy atom. The standard InChI is InChI=1S/C17H14N4O2S/c22-15(21-10-7-12-3-1-2-4-14(12)21)11-24-17-20-19-16(23-17)13-5-8-18-9-6-13/h1-6,8-9H,7,10-11H2. The number of anilines is 1. The van der Waals surface area contributed by atoms with Gasteiger partial charge in [0.2, 0.25) is 11.8 Å². The summed E-state index contributed by atoms with van der Waals surface area (Å²) in [6, 6.07) is 11.6. The summed E-state index contributed by atoms with van der Waals surface area (Å²) in [5.74, 6) is 0.749. The van der Waals surface area contributed by atoms with E-state index in [0.29, 0.717) is 11.1 Å². The van der Waals surface area contributed by atoms with Crippen molar-refractivity contribution in [2.45, 2.75) is 11.6 Å². The Morgan fingerprint density at radius 3 is 2.88 bits per heavy atom. The van der Waals surface area contributed by atoms with Gasteiger partial charge in [0, 0.05) is 30.2 Å². The van der Waals surface area contributed by atoms with Crippen LogP contribution >= 0.6 is 11.8 Å². The molecular formula is C17H14N4O2S. The molecule has 0 bridgehead atoms. The van der Waals surface area contributed by atoms with Crippen LogP contribution in [0.1, 0.15) is 5.56 Å². The zero-order valence-corrected chi connectivity index (χ0v) is 13.6. The number of hydrogen-bond acceptors (Lipinski definition) is 6. The molecule has 0 saturated heterocycles. The Labute approximate surface area is 142 Å². The zero-order chi connectivity index (χ0) is 16.4. The Bertz CT molecular complexity index is 866. The smallest absolute Gasteiger partial charge is 0.277 e. The van der Waals surface area contributed by atoms with E-state index in [-0.39, 0.29) is 11.7 Å². The van der Waals surface area contributed by atoms with Gasteiger partial charge in [-0.3, -0.25) is 9.78 Å². The van der Waals surface area contributed by atoms with Crippen LogP contribution in [0.2, 0.25) is 0 Å². The van der Waals surface area contributed by atoms with Crippen LogP contribution in [-0.2, 0) is 11.2 Å². The summed E-state index contributed by atoms with van der Waals surface area (Å²) in [5.41, 5.74) is 3.03. The van der Waals surface area contributed by atoms with E-state index in [1.165, 1.54) is 17.3 Å². The van der Waals surface area contributed by atoms with Crippen LogP contribution < -0.4 is 4.90 Å². The summed E-state index contributed by atoms with van der Waals surface area (Å²) in [7, 11) is 0. The van der Waals surface area contributed by atoms with Crippen molar-refractivity contribution >= 4 is 23.4 Å². The van der Waals surface area contributed by atoms with Crippen molar-refractivity contribution in [2.24, 2.45) is 0 Å². The second kappa shape index (κ2) is 6.45. The molecule has 0 aliphatic carbocycles. The first-order valence-electron chi connectivity index (χ1n) is 7.56. The van der Waals surface area contributed by atoms with Gasteiger partial charge in [0.1, 0.15) is 0 Å². The van der Waals surface area contributed by atoms with E-state index in [2.05, 4.69) is 21.2 Å². The highest BCUT2D eigenvalue weighted by Gasteiger charge is 2.24. The number of carbonyl (C=O) groups excluding carboxylic acids is 1. The molecule has 0 N–H and O–H groups in total. The topological polar surface area (TPSA) is 72.1 Å². The predicted molar refractivity (Wildman–Crippen MR) is 90.8 cm³/mol. The molecule has 1 aliphatic rings. The van der Waals surface area contributed by atoms with E-state index in [1.54, 1.807) is 24.5 Å². The minimum Gasteiger partial charge on any atom is -0.411 e. The van der Waals surface area contributed by atoms with Crippen LogP contribution in [0.3, 0.4) is 0 Å². The van der Waals surface area contributed by atoms with Gasteiger partial charge in [-0.1, -0.05) is 30.0 Å². The molecule has 0 atom stereocenters. The molecule has 0 radical (unpaired) electrons. The fourth-order valence-corrected chi connectivity index (χ4v) is 3.32. The predicted octanol–water partition coefficient (Wildman–Crippen LogP) is 2.81. The molecule has 1 amide bonds. The first-order valence-corrected chi connectivity index (χ1v) is 8.55. The molecule has 24 heavy (non-hydrogen) atoms. The third-order valence-electron chi connectivity index (χ3n) is 3.84. The summed E-state index contributed by atoms with van der Waals surface area (Å²) in [6.45, 7) is 0.727. The van der Waals surface area contributed by atoms with Gasteiger partial charge < -0.3 is 9.32 Å². The summed E-state index contributed by atoms with van der Waals surface area (Å²) in [5, 5.41) is 8.39. The Hall–Kier alpha value is -2.67. The maximum atomic E-state index is 12.5. The van der Waals surface area contributed by atoms with Gasteiger partial charge in [-0.05, 0) is 30.2 Å². The molecule has 0 spiro atoms. The molecule has 4 rings (SSSR count). The van der Waals surface area contributed by atoms with Crippen molar-refractivity contribution < 1.29 is 9.21 Å². The van der Waals surface area contributed by atoms with Gasteiger partial charge in [0.05, 0.1) is 5.75 Å². The van der Waals surface area contributed by atoms with Gasteiger partial charge in [-0.25, -0.2) is 0 Å². The van der Waals surface area contributed by atoms with E-state index in [0.717, 1.165) is 24.2 Å². The van der Waals surface area contributed by atoms with Gasteiger partial charge in [0.25, 0.3) is 5.22 Å². The van der Waals surface area contributed by atoms with E-state index in [4.69, 9.17) is 4.42 Å². The molecule has 3 heterocycles. The molecule has 1 aromatic carbocycles. The summed E-state index contributed by atoms with van der Waals surface area (Å²) < 4.78 is 5.59. The third-order valence-corrected chi connectivity index (χ3v) is 4.64. The summed E-state index contributed by atoms with van der Waals surface area (Å²) in [6.07, 6.45) is 4.24. The number of carbonyl (C=O) groups is 1. The summed E-state index contributed by atoms with van der Waals surface area (Å²) in [4.78, 5) is 18.2. The van der Waals surface area contributed by atoms with Crippen LogP contribution in [0.4, 0.5) is 5.69 Å². The average molecular weight is 338 g/mol. The maximum Gasteiger partial charge on any atom is 0.277 e. The van der Waals surface area contributed by atoms with E-state index >= 15 is 0 Å². The van der Waals surface area contributed by atoms with E-state index in [1.807, 2.05) is 23.1 Å². The Morgan fingerprint density at radius 2 is 2.00 bits per heavy atom. The van der Waals surface area contributed by atoms with Gasteiger partial charge in [-0.2, -0.15) is 0 Å². The number of pyridine rings is 1. The van der Waals surface area contributed by atoms with Crippen molar-refractivity contribution in [1.82, 2.24) is 15.2 Å². The molecule has 6 nitrogen and oxygen atoms in total. The van der Waals surface area contributed by atoms with Crippen molar-refractivity contribution in [1.29, 1.82) is 0 Å². The van der Waals surface area contributed by atoms with Crippen molar-refractivity contribution in [3.63, 3.8) is 0 Å². The highest BCUT2D eigenvalue weighted by Crippen LogP contribution is 2.29. The molecule has 2 aromatic heterocycles. The number of hydrogen-bond donors (Lipinski definition) is 0. The quantitative estimate of drug-likeness (QED) is 0.681. The van der Waals surface area contributed by atoms with E-state index in [9.17, 15) is 4.79 Å². The molecule has 0 fully saturated rings. The maximum absolute atomic E-state index is 12.5. The molecule has 3 aromatic rings. The largest absolute Gasteiger partial charge is 0.411 e. The summed E-state index contributed by atoms with van der Waals surface area (Å²) >= 11 is 1.26. The minimum absolute atomic E-state index is 0.0496. The van der Waals surface area contributed by atoms with Crippen LogP contribution in [0.5, 0.6) is 0 Å². The number of nitrogens with zero attached hydrogens (tertiary/aromatic N) is 4. The van der Waals surface area contributed by atoms with Crippen LogP contribution in [0.25, 0.3) is 11.5 Å². The normalized spacial score (nSPS) is 13.1. The van der Waals surface area contributed by atoms with Crippen LogP contribution in [0, 0.1) is 0 Å². The third kappa shape index (κ3) is 2.90. The number of fused-ring (bicyclic) bond motifs is 1. The minimum atomic E-state index is 0.0496. The fourth-order valence-electron chi connectivity index (χ4n) is 2.68. The lowest BCUT2D eigenvalue weighted by atomic mass is 10.2. The van der Waals surface area contributed by atoms with Crippen LogP contribution in [-0.4, -0.2) is 33.4 Å². The number of benzene rings is 1. The van der Waals surface area contributed by atoms with Gasteiger partial charge in [0.15, 0.2) is 0 Å². The van der Waals surface area contributed by atoms with Crippen LogP contribution in [0.15, 0.2) is 58.4 Å². The Kier molecular flexibility index (Phi) is 4.00. The lowest BCUT2D eigenvalue weighted by Crippen LogP contribution is -2.30. The van der Waals surface area contributed by atoms with Gasteiger partial charge >= 0.3 is 0 Å². The monoisotopic (exact) mass is 338 g/mol. The number of thioether (sulfide) groups is 1. The zero-order valence-electron chi connectivity index (χ0n) is 12.8. The fraction of sp³-hybridized carbons (Fsp3) is 0.176. The lowest BCUT2D eigenvalue weighted by Gasteiger charge is -2.16. The van der Waals surface area contributed by atoms with Crippen molar-refractivity contribution in [2.75, 3.05) is 17.2 Å².